The lowest BCUT2D eigenvalue weighted by Crippen LogP contribution is -2.23. The number of carbonyl (C=O) groups excluding carboxylic acids is 1. The van der Waals surface area contributed by atoms with E-state index in [4.69, 9.17) is 0 Å². The Morgan fingerprint density at radius 1 is 1.42 bits per heavy atom. The summed E-state index contributed by atoms with van der Waals surface area (Å²) in [5.74, 6) is 0.108. The molecule has 1 N–H and O–H groups in total. The lowest BCUT2D eigenvalue weighted by molar-refractivity contribution is -0.113. The first kappa shape index (κ1) is 17.1. The fourth-order valence-electron chi connectivity index (χ4n) is 2.47. The molecular formula is C17H19N3O2S2. The number of hydrogen-bond acceptors (Lipinski definition) is 5. The average Bonchev–Trinajstić information content (AvgIpc) is 2.92. The number of thioether (sulfide) groups is 2. The molecule has 7 heteroatoms. The van der Waals surface area contributed by atoms with Crippen LogP contribution < -0.4 is 10.9 Å². The van der Waals surface area contributed by atoms with Crippen LogP contribution in [-0.4, -0.2) is 26.5 Å². The number of benzene rings is 1. The Bertz CT molecular complexity index is 831. The minimum absolute atomic E-state index is 0.0178. The number of fused-ring (bicyclic) bond motifs is 1. The van der Waals surface area contributed by atoms with E-state index in [-0.39, 0.29) is 17.2 Å². The molecule has 0 fully saturated rings. The molecule has 3 rings (SSSR count). The van der Waals surface area contributed by atoms with Gasteiger partial charge in [-0.05, 0) is 19.1 Å². The number of rotatable bonds is 4. The van der Waals surface area contributed by atoms with Gasteiger partial charge < -0.3 is 5.32 Å². The highest BCUT2D eigenvalue weighted by atomic mass is 32.2. The van der Waals surface area contributed by atoms with Gasteiger partial charge in [-0.25, -0.2) is 4.98 Å². The van der Waals surface area contributed by atoms with Crippen LogP contribution >= 0.6 is 23.5 Å². The smallest absolute Gasteiger partial charge is 0.267 e. The fraction of sp³-hybridized carbons (Fsp3) is 0.353. The average molecular weight is 361 g/mol. The van der Waals surface area contributed by atoms with Gasteiger partial charge in [0.05, 0.1) is 16.3 Å². The largest absolute Gasteiger partial charge is 0.325 e. The quantitative estimate of drug-likeness (QED) is 0.670. The van der Waals surface area contributed by atoms with Crippen LogP contribution in [0.2, 0.25) is 0 Å². The normalized spacial score (nSPS) is 16.0. The van der Waals surface area contributed by atoms with Crippen LogP contribution in [0, 0.1) is 6.92 Å². The number of amides is 1. The van der Waals surface area contributed by atoms with E-state index in [2.05, 4.69) is 17.2 Å². The van der Waals surface area contributed by atoms with Crippen molar-refractivity contribution in [2.45, 2.75) is 35.6 Å². The van der Waals surface area contributed by atoms with E-state index in [1.165, 1.54) is 16.3 Å². The maximum Gasteiger partial charge on any atom is 0.267 e. The summed E-state index contributed by atoms with van der Waals surface area (Å²) in [4.78, 5) is 29.8. The molecule has 2 aromatic rings. The lowest BCUT2D eigenvalue weighted by atomic mass is 10.2. The number of anilines is 1. The molecule has 1 aromatic carbocycles. The lowest BCUT2D eigenvalue weighted by Gasteiger charge is -2.09. The topological polar surface area (TPSA) is 64.0 Å². The summed E-state index contributed by atoms with van der Waals surface area (Å²) in [5, 5.41) is 3.82. The van der Waals surface area contributed by atoms with Crippen LogP contribution in [0.5, 0.6) is 0 Å². The summed E-state index contributed by atoms with van der Waals surface area (Å²) in [6.45, 7) is 4.09. The number of nitrogens with one attached hydrogen (secondary N) is 1. The molecule has 0 spiro atoms. The third-order valence-electron chi connectivity index (χ3n) is 3.75. The molecular weight excluding hydrogens is 342 g/mol. The molecule has 1 amide bonds. The fourth-order valence-corrected chi connectivity index (χ4v) is 4.40. The predicted molar refractivity (Wildman–Crippen MR) is 99.0 cm³/mol. The van der Waals surface area contributed by atoms with Gasteiger partial charge in [0.15, 0.2) is 5.16 Å². The number of hydrogen-bond donors (Lipinski definition) is 1. The van der Waals surface area contributed by atoms with Crippen LogP contribution in [0.1, 0.15) is 18.2 Å². The zero-order valence-corrected chi connectivity index (χ0v) is 15.5. The highest BCUT2D eigenvalue weighted by Gasteiger charge is 2.25. The molecule has 0 saturated heterocycles. The van der Waals surface area contributed by atoms with Crippen molar-refractivity contribution < 1.29 is 4.79 Å². The van der Waals surface area contributed by atoms with Crippen LogP contribution in [0.25, 0.3) is 0 Å². The number of nitrogens with zero attached hydrogens (tertiary/aromatic N) is 2. The Morgan fingerprint density at radius 2 is 2.12 bits per heavy atom. The maximum atomic E-state index is 12.4. The predicted octanol–water partition coefficient (Wildman–Crippen LogP) is 2.86. The van der Waals surface area contributed by atoms with E-state index in [1.54, 1.807) is 18.8 Å². The van der Waals surface area contributed by atoms with Gasteiger partial charge in [-0.1, -0.05) is 36.4 Å². The van der Waals surface area contributed by atoms with Crippen molar-refractivity contribution in [3.05, 3.63) is 45.9 Å². The first-order valence-corrected chi connectivity index (χ1v) is 9.56. The highest BCUT2D eigenvalue weighted by molar-refractivity contribution is 8.00. The third-order valence-corrected chi connectivity index (χ3v) is 5.99. The maximum absolute atomic E-state index is 12.4. The number of carbonyl (C=O) groups is 1. The van der Waals surface area contributed by atoms with Crippen molar-refractivity contribution in [2.24, 2.45) is 7.05 Å². The van der Waals surface area contributed by atoms with E-state index in [9.17, 15) is 9.59 Å². The van der Waals surface area contributed by atoms with Crippen molar-refractivity contribution >= 4 is 35.1 Å². The second kappa shape index (κ2) is 7.03. The molecule has 24 heavy (non-hydrogen) atoms. The van der Waals surface area contributed by atoms with Crippen LogP contribution in [0.15, 0.2) is 39.1 Å². The van der Waals surface area contributed by atoms with E-state index in [0.717, 1.165) is 28.3 Å². The Balaban J connectivity index is 1.68. The molecule has 1 atom stereocenters. The highest BCUT2D eigenvalue weighted by Crippen LogP contribution is 2.33. The number of aromatic nitrogens is 2. The van der Waals surface area contributed by atoms with Gasteiger partial charge >= 0.3 is 0 Å². The summed E-state index contributed by atoms with van der Waals surface area (Å²) in [7, 11) is 1.71. The molecule has 1 aromatic heterocycles. The van der Waals surface area contributed by atoms with E-state index >= 15 is 0 Å². The standard InChI is InChI=1S/C17H19N3O2S2/c1-10-4-6-12(7-5-10)18-14(21)9-23-17-19-13-8-11(2)24-15(13)16(22)20(17)3/h4-7,11H,8-9H2,1-3H3,(H,18,21)/t11-/m1/s1. The Hall–Kier alpha value is -1.73. The zero-order valence-electron chi connectivity index (χ0n) is 13.8. The summed E-state index contributed by atoms with van der Waals surface area (Å²) in [6.07, 6.45) is 0.805. The minimum atomic E-state index is -0.110. The summed E-state index contributed by atoms with van der Waals surface area (Å²) >= 11 is 2.87. The van der Waals surface area contributed by atoms with Crippen molar-refractivity contribution in [1.82, 2.24) is 9.55 Å². The van der Waals surface area contributed by atoms with Crippen molar-refractivity contribution in [1.29, 1.82) is 0 Å². The first-order valence-electron chi connectivity index (χ1n) is 7.70. The van der Waals surface area contributed by atoms with Crippen molar-refractivity contribution in [3.63, 3.8) is 0 Å². The summed E-state index contributed by atoms with van der Waals surface area (Å²) < 4.78 is 1.54. The Morgan fingerprint density at radius 3 is 2.83 bits per heavy atom. The zero-order chi connectivity index (χ0) is 17.3. The van der Waals surface area contributed by atoms with E-state index in [1.807, 2.05) is 31.2 Å². The summed E-state index contributed by atoms with van der Waals surface area (Å²) in [5.41, 5.74) is 2.76. The van der Waals surface area contributed by atoms with Crippen molar-refractivity contribution in [2.75, 3.05) is 11.1 Å². The van der Waals surface area contributed by atoms with E-state index < -0.39 is 0 Å². The molecule has 0 unspecified atom stereocenters. The second-order valence-electron chi connectivity index (χ2n) is 5.87. The van der Waals surface area contributed by atoms with Crippen molar-refractivity contribution in [3.8, 4) is 0 Å². The van der Waals surface area contributed by atoms with Crippen LogP contribution in [0.3, 0.4) is 0 Å². The Kier molecular flexibility index (Phi) is 5.01. The molecule has 1 aliphatic rings. The van der Waals surface area contributed by atoms with Gasteiger partial charge in [-0.2, -0.15) is 0 Å². The monoisotopic (exact) mass is 361 g/mol. The molecule has 126 valence electrons. The van der Waals surface area contributed by atoms with Crippen LogP contribution in [-0.2, 0) is 18.3 Å². The van der Waals surface area contributed by atoms with Gasteiger partial charge in [-0.3, -0.25) is 14.2 Å². The molecule has 0 aliphatic carbocycles. The molecule has 0 saturated carbocycles. The minimum Gasteiger partial charge on any atom is -0.325 e. The third kappa shape index (κ3) is 3.67. The first-order chi connectivity index (χ1) is 11.4. The Labute approximate surface area is 149 Å². The molecule has 1 aliphatic heterocycles. The van der Waals surface area contributed by atoms with Crippen LogP contribution in [0.4, 0.5) is 5.69 Å². The van der Waals surface area contributed by atoms with Gasteiger partial charge in [0.1, 0.15) is 0 Å². The van der Waals surface area contributed by atoms with E-state index in [0.29, 0.717) is 10.4 Å². The molecule has 5 nitrogen and oxygen atoms in total. The number of aryl methyl sites for hydroxylation is 1. The van der Waals surface area contributed by atoms with Gasteiger partial charge in [0.25, 0.3) is 5.56 Å². The SMILES string of the molecule is Cc1ccc(NC(=O)CSc2nc3c(c(=O)n2C)S[C@H](C)C3)cc1. The molecule has 0 bridgehead atoms. The molecule has 0 radical (unpaired) electrons. The van der Waals surface area contributed by atoms with Gasteiger partial charge in [0, 0.05) is 24.4 Å². The van der Waals surface area contributed by atoms with Gasteiger partial charge in [0.2, 0.25) is 5.91 Å². The summed E-state index contributed by atoms with van der Waals surface area (Å²) in [6, 6.07) is 7.65. The van der Waals surface area contributed by atoms with Gasteiger partial charge in [-0.15, -0.1) is 11.8 Å². The second-order valence-corrected chi connectivity index (χ2v) is 8.26. The molecule has 2 heterocycles.